The first-order valence-electron chi connectivity index (χ1n) is 7.42. The van der Waals surface area contributed by atoms with E-state index in [2.05, 4.69) is 41.5 Å². The van der Waals surface area contributed by atoms with Crippen molar-refractivity contribution < 1.29 is 18.0 Å². The van der Waals surface area contributed by atoms with Crippen LogP contribution in [0.2, 0.25) is 0 Å². The molecule has 0 aliphatic carbocycles. The maximum absolute atomic E-state index is 12.8. The Morgan fingerprint density at radius 2 is 1.93 bits per heavy atom. The van der Waals surface area contributed by atoms with E-state index in [1.165, 1.54) is 18.3 Å². The van der Waals surface area contributed by atoms with Gasteiger partial charge in [-0.05, 0) is 45.8 Å². The smallest absolute Gasteiger partial charge is 0.326 e. The van der Waals surface area contributed by atoms with E-state index in [0.717, 1.165) is 22.7 Å². The second kappa shape index (κ2) is 7.61. The summed E-state index contributed by atoms with van der Waals surface area (Å²) in [4.78, 5) is 23.6. The molecule has 3 aromatic rings. The third kappa shape index (κ3) is 5.01. The van der Waals surface area contributed by atoms with Gasteiger partial charge in [-0.25, -0.2) is 15.0 Å². The molecule has 0 unspecified atom stereocenters. The van der Waals surface area contributed by atoms with Crippen LogP contribution in [-0.2, 0) is 11.0 Å². The average Bonchev–Trinajstić information content (AvgIpc) is 3.00. The average molecular weight is 458 g/mol. The van der Waals surface area contributed by atoms with Gasteiger partial charge < -0.3 is 10.6 Å². The minimum atomic E-state index is -4.57. The standard InChI is InChI=1S/C16H11BrF3N5OS/c1-8(26)23-10-4-9(12-7-22-14(17)27-12)5-11(6-10)24-15-21-3-2-13(25-15)16(18,19)20/h2-7H,1H3,(H,23,26)(H,21,24,25). The Bertz CT molecular complexity index is 992. The van der Waals surface area contributed by atoms with Gasteiger partial charge in [-0.3, -0.25) is 4.79 Å². The Morgan fingerprint density at radius 1 is 1.19 bits per heavy atom. The fourth-order valence-electron chi connectivity index (χ4n) is 2.21. The molecule has 3 rings (SSSR count). The number of thiazole rings is 1. The number of carbonyl (C=O) groups excluding carboxylic acids is 1. The van der Waals surface area contributed by atoms with Crippen LogP contribution < -0.4 is 10.6 Å². The Morgan fingerprint density at radius 3 is 2.56 bits per heavy atom. The highest BCUT2D eigenvalue weighted by molar-refractivity contribution is 9.11. The van der Waals surface area contributed by atoms with Crippen LogP contribution in [0.25, 0.3) is 10.4 Å². The van der Waals surface area contributed by atoms with Gasteiger partial charge in [0, 0.05) is 30.7 Å². The van der Waals surface area contributed by atoms with E-state index in [1.54, 1.807) is 24.4 Å². The van der Waals surface area contributed by atoms with Gasteiger partial charge in [-0.15, -0.1) is 11.3 Å². The predicted molar refractivity (Wildman–Crippen MR) is 99.9 cm³/mol. The Labute approximate surface area is 164 Å². The van der Waals surface area contributed by atoms with Crippen LogP contribution in [0.1, 0.15) is 12.6 Å². The first-order valence-corrected chi connectivity index (χ1v) is 9.03. The molecule has 0 atom stereocenters. The van der Waals surface area contributed by atoms with Crippen LogP contribution in [0.3, 0.4) is 0 Å². The van der Waals surface area contributed by atoms with Crippen molar-refractivity contribution in [3.8, 4) is 10.4 Å². The van der Waals surface area contributed by atoms with Crippen molar-refractivity contribution in [2.24, 2.45) is 0 Å². The fourth-order valence-corrected chi connectivity index (χ4v) is 3.46. The summed E-state index contributed by atoms with van der Waals surface area (Å²) in [6.45, 7) is 1.36. The van der Waals surface area contributed by atoms with E-state index in [4.69, 9.17) is 0 Å². The normalized spacial score (nSPS) is 11.3. The molecule has 0 saturated heterocycles. The summed E-state index contributed by atoms with van der Waals surface area (Å²) in [6, 6.07) is 5.80. The molecule has 140 valence electrons. The zero-order valence-corrected chi connectivity index (χ0v) is 16.0. The molecule has 2 aromatic heterocycles. The van der Waals surface area contributed by atoms with Crippen molar-refractivity contribution in [3.63, 3.8) is 0 Å². The molecular formula is C16H11BrF3N5OS. The van der Waals surface area contributed by atoms with Crippen LogP contribution in [0.5, 0.6) is 0 Å². The van der Waals surface area contributed by atoms with Gasteiger partial charge in [0.1, 0.15) is 5.69 Å². The number of aromatic nitrogens is 3. The highest BCUT2D eigenvalue weighted by Crippen LogP contribution is 2.34. The van der Waals surface area contributed by atoms with Crippen molar-refractivity contribution in [1.82, 2.24) is 15.0 Å². The van der Waals surface area contributed by atoms with Crippen molar-refractivity contribution >= 4 is 50.5 Å². The molecule has 11 heteroatoms. The Hall–Kier alpha value is -2.53. The molecular weight excluding hydrogens is 447 g/mol. The molecule has 0 saturated carbocycles. The minimum absolute atomic E-state index is 0.207. The number of alkyl halides is 3. The van der Waals surface area contributed by atoms with Gasteiger partial charge in [0.15, 0.2) is 3.92 Å². The zero-order chi connectivity index (χ0) is 19.6. The maximum atomic E-state index is 12.8. The topological polar surface area (TPSA) is 79.8 Å². The molecule has 27 heavy (non-hydrogen) atoms. The van der Waals surface area contributed by atoms with E-state index < -0.39 is 11.9 Å². The summed E-state index contributed by atoms with van der Waals surface area (Å²) in [7, 11) is 0. The minimum Gasteiger partial charge on any atom is -0.326 e. The highest BCUT2D eigenvalue weighted by Gasteiger charge is 2.32. The second-order valence-electron chi connectivity index (χ2n) is 5.35. The second-order valence-corrected chi connectivity index (χ2v) is 7.65. The van der Waals surface area contributed by atoms with Crippen LogP contribution >= 0.6 is 27.3 Å². The number of rotatable bonds is 4. The number of halogens is 4. The highest BCUT2D eigenvalue weighted by atomic mass is 79.9. The molecule has 1 amide bonds. The number of hydrogen-bond donors (Lipinski definition) is 2. The number of benzene rings is 1. The molecule has 2 heterocycles. The van der Waals surface area contributed by atoms with Gasteiger partial charge >= 0.3 is 6.18 Å². The maximum Gasteiger partial charge on any atom is 0.433 e. The first-order chi connectivity index (χ1) is 12.7. The molecule has 0 spiro atoms. The molecule has 0 radical (unpaired) electrons. The van der Waals surface area contributed by atoms with Crippen LogP contribution in [0.4, 0.5) is 30.5 Å². The van der Waals surface area contributed by atoms with Crippen molar-refractivity contribution in [1.29, 1.82) is 0 Å². The Kier molecular flexibility index (Phi) is 5.42. The molecule has 0 bridgehead atoms. The molecule has 6 nitrogen and oxygen atoms in total. The third-order valence-corrected chi connectivity index (χ3v) is 4.74. The quantitative estimate of drug-likeness (QED) is 0.570. The van der Waals surface area contributed by atoms with Crippen LogP contribution in [0, 0.1) is 0 Å². The van der Waals surface area contributed by atoms with E-state index in [0.29, 0.717) is 15.3 Å². The van der Waals surface area contributed by atoms with E-state index in [-0.39, 0.29) is 11.9 Å². The number of nitrogens with zero attached hydrogens (tertiary/aromatic N) is 3. The zero-order valence-electron chi connectivity index (χ0n) is 13.6. The molecule has 0 aliphatic heterocycles. The number of hydrogen-bond acceptors (Lipinski definition) is 6. The summed E-state index contributed by atoms with van der Waals surface area (Å²) in [5.41, 5.74) is 0.558. The monoisotopic (exact) mass is 457 g/mol. The molecule has 2 N–H and O–H groups in total. The van der Waals surface area contributed by atoms with Gasteiger partial charge in [0.2, 0.25) is 11.9 Å². The summed E-state index contributed by atoms with van der Waals surface area (Å²) in [5, 5.41) is 5.40. The van der Waals surface area contributed by atoms with Crippen LogP contribution in [0.15, 0.2) is 40.6 Å². The third-order valence-electron chi connectivity index (χ3n) is 3.22. The van der Waals surface area contributed by atoms with Crippen molar-refractivity contribution in [2.75, 3.05) is 10.6 Å². The molecule has 0 fully saturated rings. The van der Waals surface area contributed by atoms with E-state index in [1.807, 2.05) is 0 Å². The largest absolute Gasteiger partial charge is 0.433 e. The number of amides is 1. The van der Waals surface area contributed by atoms with E-state index in [9.17, 15) is 18.0 Å². The Balaban J connectivity index is 1.98. The SMILES string of the molecule is CC(=O)Nc1cc(Nc2nccc(C(F)(F)F)n2)cc(-c2cnc(Br)s2)c1. The number of carbonyl (C=O) groups is 1. The number of nitrogens with one attached hydrogen (secondary N) is 2. The van der Waals surface area contributed by atoms with Gasteiger partial charge in [-0.2, -0.15) is 13.2 Å². The van der Waals surface area contributed by atoms with Gasteiger partial charge in [0.25, 0.3) is 0 Å². The predicted octanol–water partition coefficient (Wildman–Crippen LogP) is 5.08. The summed E-state index contributed by atoms with van der Waals surface area (Å²) < 4.78 is 39.2. The fraction of sp³-hybridized carbons (Fsp3) is 0.125. The lowest BCUT2D eigenvalue weighted by Gasteiger charge is -2.12. The lowest BCUT2D eigenvalue weighted by Crippen LogP contribution is -2.10. The lowest BCUT2D eigenvalue weighted by molar-refractivity contribution is -0.141. The van der Waals surface area contributed by atoms with Gasteiger partial charge in [-0.1, -0.05) is 0 Å². The van der Waals surface area contributed by atoms with Crippen LogP contribution in [-0.4, -0.2) is 20.9 Å². The summed E-state index contributed by atoms with van der Waals surface area (Å²) >= 11 is 4.66. The number of anilines is 3. The lowest BCUT2D eigenvalue weighted by atomic mass is 10.1. The van der Waals surface area contributed by atoms with Gasteiger partial charge in [0.05, 0.1) is 4.88 Å². The molecule has 1 aromatic carbocycles. The van der Waals surface area contributed by atoms with E-state index >= 15 is 0 Å². The summed E-state index contributed by atoms with van der Waals surface area (Å²) in [5.74, 6) is -0.486. The van der Waals surface area contributed by atoms with Crippen molar-refractivity contribution in [3.05, 3.63) is 46.3 Å². The first kappa shape index (κ1) is 19.2. The van der Waals surface area contributed by atoms with Crippen molar-refractivity contribution in [2.45, 2.75) is 13.1 Å². The molecule has 0 aliphatic rings. The summed E-state index contributed by atoms with van der Waals surface area (Å²) in [6.07, 6.45) is -1.90.